The molecule has 0 saturated carbocycles. The van der Waals surface area contributed by atoms with Gasteiger partial charge < -0.3 is 10.5 Å². The molecule has 0 spiro atoms. The number of halogens is 2. The Labute approximate surface area is 114 Å². The number of carbonyl (C=O) groups is 1. The molecule has 0 bridgehead atoms. The number of rotatable bonds is 7. The van der Waals surface area contributed by atoms with Crippen LogP contribution in [-0.4, -0.2) is 31.4 Å². The molecule has 0 heterocycles. The summed E-state index contributed by atoms with van der Waals surface area (Å²) in [5.41, 5.74) is 5.26. The zero-order chi connectivity index (χ0) is 11.0. The molecule has 0 aromatic rings. The maximum atomic E-state index is 11.5. The Kier molecular flexibility index (Phi) is 18.1. The molecule has 0 aliphatic heterocycles. The van der Waals surface area contributed by atoms with Crippen LogP contribution in [0.4, 0.5) is 0 Å². The minimum absolute atomic E-state index is 0. The number of ether oxygens (including phenoxy) is 1. The van der Waals surface area contributed by atoms with Crippen molar-refractivity contribution >= 4 is 42.7 Å². The standard InChI is InChI=1S/C9H20N2O2S.2ClH/c1-4-7(2)8(11-14-3)9(12)13-6-5-10;;/h7-8,11H,4-6,10H2,1-3H3;2*1H. The van der Waals surface area contributed by atoms with Gasteiger partial charge in [0.2, 0.25) is 0 Å². The third-order valence-corrected chi connectivity index (χ3v) is 2.56. The molecule has 4 nitrogen and oxygen atoms in total. The van der Waals surface area contributed by atoms with E-state index in [2.05, 4.69) is 11.6 Å². The first-order valence-electron chi connectivity index (χ1n) is 4.82. The van der Waals surface area contributed by atoms with E-state index in [9.17, 15) is 4.79 Å². The van der Waals surface area contributed by atoms with Crippen LogP contribution in [0.25, 0.3) is 0 Å². The van der Waals surface area contributed by atoms with E-state index in [0.29, 0.717) is 13.2 Å². The van der Waals surface area contributed by atoms with Crippen molar-refractivity contribution in [3.8, 4) is 0 Å². The lowest BCUT2D eigenvalue weighted by molar-refractivity contribution is -0.146. The number of nitrogens with two attached hydrogens (primary N) is 1. The van der Waals surface area contributed by atoms with Crippen LogP contribution in [0.15, 0.2) is 0 Å². The number of carbonyl (C=O) groups excluding carboxylic acids is 1. The summed E-state index contributed by atoms with van der Waals surface area (Å²) in [6.07, 6.45) is 2.83. The number of hydrogen-bond acceptors (Lipinski definition) is 5. The van der Waals surface area contributed by atoms with E-state index in [-0.39, 0.29) is 42.7 Å². The maximum Gasteiger partial charge on any atom is 0.324 e. The Hall–Kier alpha value is 0.320. The lowest BCUT2D eigenvalue weighted by Crippen LogP contribution is -2.40. The molecule has 0 rings (SSSR count). The predicted octanol–water partition coefficient (Wildman–Crippen LogP) is 1.61. The van der Waals surface area contributed by atoms with Crippen LogP contribution in [0.2, 0.25) is 0 Å². The highest BCUT2D eigenvalue weighted by atomic mass is 35.5. The third kappa shape index (κ3) is 8.47. The highest BCUT2D eigenvalue weighted by molar-refractivity contribution is 7.96. The van der Waals surface area contributed by atoms with Gasteiger partial charge in [-0.25, -0.2) is 0 Å². The Bertz CT molecular complexity index is 176. The van der Waals surface area contributed by atoms with E-state index < -0.39 is 0 Å². The fourth-order valence-electron chi connectivity index (χ4n) is 1.01. The average molecular weight is 293 g/mol. The Morgan fingerprint density at radius 2 is 2.06 bits per heavy atom. The van der Waals surface area contributed by atoms with Crippen molar-refractivity contribution in [1.82, 2.24) is 4.72 Å². The van der Waals surface area contributed by atoms with Gasteiger partial charge in [0.15, 0.2) is 0 Å². The first kappa shape index (κ1) is 21.6. The summed E-state index contributed by atoms with van der Waals surface area (Å²) in [6, 6.07) is -0.235. The fraction of sp³-hybridized carbons (Fsp3) is 0.889. The zero-order valence-corrected chi connectivity index (χ0v) is 12.3. The van der Waals surface area contributed by atoms with Gasteiger partial charge in [0.05, 0.1) is 0 Å². The van der Waals surface area contributed by atoms with Crippen LogP contribution in [0.3, 0.4) is 0 Å². The molecule has 0 amide bonds. The fourth-order valence-corrected chi connectivity index (χ4v) is 1.59. The molecular weight excluding hydrogens is 271 g/mol. The zero-order valence-electron chi connectivity index (χ0n) is 9.89. The van der Waals surface area contributed by atoms with E-state index in [1.165, 1.54) is 11.9 Å². The molecule has 0 radical (unpaired) electrons. The van der Waals surface area contributed by atoms with Crippen LogP contribution in [0, 0.1) is 5.92 Å². The van der Waals surface area contributed by atoms with Crippen LogP contribution in [-0.2, 0) is 9.53 Å². The normalized spacial score (nSPS) is 13.0. The highest BCUT2D eigenvalue weighted by Gasteiger charge is 2.24. The minimum Gasteiger partial charge on any atom is -0.463 e. The van der Waals surface area contributed by atoms with E-state index in [4.69, 9.17) is 10.5 Å². The first-order valence-corrected chi connectivity index (χ1v) is 6.05. The molecule has 2 unspecified atom stereocenters. The van der Waals surface area contributed by atoms with Crippen molar-refractivity contribution in [2.45, 2.75) is 26.3 Å². The molecule has 0 aromatic carbocycles. The van der Waals surface area contributed by atoms with Gasteiger partial charge in [0.25, 0.3) is 0 Å². The molecule has 7 heteroatoms. The van der Waals surface area contributed by atoms with Gasteiger partial charge in [-0.3, -0.25) is 9.52 Å². The van der Waals surface area contributed by atoms with E-state index in [1.54, 1.807) is 0 Å². The van der Waals surface area contributed by atoms with Gasteiger partial charge in [0, 0.05) is 6.54 Å². The van der Waals surface area contributed by atoms with Gasteiger partial charge in [-0.2, -0.15) is 0 Å². The molecular formula is C9H22Cl2N2O2S. The smallest absolute Gasteiger partial charge is 0.324 e. The van der Waals surface area contributed by atoms with E-state index in [1.807, 2.05) is 13.2 Å². The van der Waals surface area contributed by atoms with Gasteiger partial charge >= 0.3 is 5.97 Å². The molecule has 0 saturated heterocycles. The summed E-state index contributed by atoms with van der Waals surface area (Å²) in [7, 11) is 0. The van der Waals surface area contributed by atoms with Crippen molar-refractivity contribution in [1.29, 1.82) is 0 Å². The van der Waals surface area contributed by atoms with Gasteiger partial charge in [0.1, 0.15) is 12.6 Å². The SMILES string of the molecule is CCC(C)C(NSC)C(=O)OCCN.Cl.Cl. The molecule has 0 fully saturated rings. The second-order valence-electron chi connectivity index (χ2n) is 3.14. The molecule has 100 valence electrons. The summed E-state index contributed by atoms with van der Waals surface area (Å²) in [4.78, 5) is 11.5. The van der Waals surface area contributed by atoms with Crippen molar-refractivity contribution in [3.05, 3.63) is 0 Å². The van der Waals surface area contributed by atoms with Crippen molar-refractivity contribution < 1.29 is 9.53 Å². The molecule has 3 N–H and O–H groups in total. The minimum atomic E-state index is -0.235. The van der Waals surface area contributed by atoms with Crippen molar-refractivity contribution in [2.24, 2.45) is 11.7 Å². The summed E-state index contributed by atoms with van der Waals surface area (Å²) in [6.45, 7) is 4.74. The second-order valence-corrected chi connectivity index (χ2v) is 3.79. The summed E-state index contributed by atoms with van der Waals surface area (Å²) in [5, 5.41) is 0. The van der Waals surface area contributed by atoms with Gasteiger partial charge in [-0.15, -0.1) is 24.8 Å². The summed E-state index contributed by atoms with van der Waals surface area (Å²) >= 11 is 1.43. The number of esters is 1. The van der Waals surface area contributed by atoms with Crippen molar-refractivity contribution in [3.63, 3.8) is 0 Å². The number of hydrogen-bond donors (Lipinski definition) is 2. The Morgan fingerprint density at radius 3 is 2.44 bits per heavy atom. The van der Waals surface area contributed by atoms with E-state index in [0.717, 1.165) is 6.42 Å². The maximum absolute atomic E-state index is 11.5. The summed E-state index contributed by atoms with van der Waals surface area (Å²) in [5.74, 6) is 0.0619. The quantitative estimate of drug-likeness (QED) is 0.551. The van der Waals surface area contributed by atoms with Crippen LogP contribution < -0.4 is 10.5 Å². The largest absolute Gasteiger partial charge is 0.463 e. The predicted molar refractivity (Wildman–Crippen MR) is 74.4 cm³/mol. The molecule has 16 heavy (non-hydrogen) atoms. The Morgan fingerprint density at radius 1 is 1.50 bits per heavy atom. The molecule has 0 aromatic heterocycles. The lowest BCUT2D eigenvalue weighted by atomic mass is 10.0. The van der Waals surface area contributed by atoms with E-state index >= 15 is 0 Å². The average Bonchev–Trinajstić information content (AvgIpc) is 2.21. The van der Waals surface area contributed by atoms with Crippen LogP contribution in [0.5, 0.6) is 0 Å². The first-order chi connectivity index (χ1) is 6.67. The number of nitrogens with one attached hydrogen (secondary N) is 1. The third-order valence-electron chi connectivity index (χ3n) is 2.07. The van der Waals surface area contributed by atoms with Gasteiger partial charge in [-0.1, -0.05) is 32.2 Å². The van der Waals surface area contributed by atoms with Crippen LogP contribution >= 0.6 is 36.8 Å². The molecule has 0 aliphatic carbocycles. The summed E-state index contributed by atoms with van der Waals surface area (Å²) < 4.78 is 8.03. The van der Waals surface area contributed by atoms with Crippen LogP contribution in [0.1, 0.15) is 20.3 Å². The van der Waals surface area contributed by atoms with Crippen molar-refractivity contribution in [2.75, 3.05) is 19.4 Å². The topological polar surface area (TPSA) is 64.3 Å². The second kappa shape index (κ2) is 13.4. The highest BCUT2D eigenvalue weighted by Crippen LogP contribution is 2.11. The molecule has 2 atom stereocenters. The Balaban J connectivity index is -0.000000845. The van der Waals surface area contributed by atoms with Gasteiger partial charge in [-0.05, 0) is 12.2 Å². The lowest BCUT2D eigenvalue weighted by Gasteiger charge is -2.21. The monoisotopic (exact) mass is 292 g/mol. The molecule has 0 aliphatic rings.